The van der Waals surface area contributed by atoms with E-state index in [0.717, 1.165) is 13.0 Å². The Kier molecular flexibility index (Phi) is 8.43. The van der Waals surface area contributed by atoms with Crippen LogP contribution in [0.3, 0.4) is 0 Å². The van der Waals surface area contributed by atoms with Crippen molar-refractivity contribution < 1.29 is 4.79 Å². The molecule has 110 valence electrons. The summed E-state index contributed by atoms with van der Waals surface area (Å²) in [7, 11) is 0. The van der Waals surface area contributed by atoms with E-state index in [1.54, 1.807) is 30.7 Å². The number of halogens is 2. The summed E-state index contributed by atoms with van der Waals surface area (Å²) in [5.41, 5.74) is 6.76. The van der Waals surface area contributed by atoms with Crippen LogP contribution in [0.15, 0.2) is 43.0 Å². The van der Waals surface area contributed by atoms with Gasteiger partial charge in [0.2, 0.25) is 0 Å². The second-order valence-electron chi connectivity index (χ2n) is 4.00. The highest BCUT2D eigenvalue weighted by Crippen LogP contribution is 2.09. The molecule has 3 N–H and O–H groups in total. The van der Waals surface area contributed by atoms with Crippen LogP contribution in [-0.4, -0.2) is 22.0 Å². The standard InChI is InChI=1S/C13H16N4O.2ClH/c14-12-5-2-1-4-11(12)13(18)16-6-3-8-17-9-7-15-10-17;;/h1-2,4-5,7,9-10H,3,6,8,14H2,(H,16,18);2*1H. The molecule has 1 amide bonds. The summed E-state index contributed by atoms with van der Waals surface area (Å²) in [6.45, 7) is 1.45. The highest BCUT2D eigenvalue weighted by atomic mass is 35.5. The maximum Gasteiger partial charge on any atom is 0.253 e. The summed E-state index contributed by atoms with van der Waals surface area (Å²) < 4.78 is 1.98. The Morgan fingerprint density at radius 1 is 1.30 bits per heavy atom. The number of aromatic nitrogens is 2. The quantitative estimate of drug-likeness (QED) is 0.655. The van der Waals surface area contributed by atoms with E-state index in [0.29, 0.717) is 17.8 Å². The highest BCUT2D eigenvalue weighted by Gasteiger charge is 2.07. The van der Waals surface area contributed by atoms with Crippen molar-refractivity contribution in [1.82, 2.24) is 14.9 Å². The number of carbonyl (C=O) groups excluding carboxylic acids is 1. The number of rotatable bonds is 5. The first-order valence-corrected chi connectivity index (χ1v) is 5.86. The molecule has 0 aliphatic carbocycles. The molecule has 0 radical (unpaired) electrons. The number of carbonyl (C=O) groups is 1. The average molecular weight is 317 g/mol. The summed E-state index contributed by atoms with van der Waals surface area (Å²) >= 11 is 0. The zero-order valence-electron chi connectivity index (χ0n) is 10.9. The Hall–Kier alpha value is -1.72. The van der Waals surface area contributed by atoms with E-state index in [4.69, 9.17) is 5.73 Å². The zero-order valence-corrected chi connectivity index (χ0v) is 12.5. The minimum absolute atomic E-state index is 0. The number of anilines is 1. The molecule has 0 aliphatic heterocycles. The van der Waals surface area contributed by atoms with E-state index in [-0.39, 0.29) is 30.7 Å². The molecular formula is C13H18Cl2N4O. The van der Waals surface area contributed by atoms with Crippen LogP contribution in [0.2, 0.25) is 0 Å². The molecule has 1 aromatic carbocycles. The third-order valence-corrected chi connectivity index (χ3v) is 2.64. The lowest BCUT2D eigenvalue weighted by molar-refractivity contribution is 0.0953. The molecule has 7 heteroatoms. The molecule has 0 aliphatic rings. The van der Waals surface area contributed by atoms with Gasteiger partial charge < -0.3 is 15.6 Å². The number of nitrogens with zero attached hydrogens (tertiary/aromatic N) is 2. The summed E-state index contributed by atoms with van der Waals surface area (Å²) in [5.74, 6) is -0.126. The van der Waals surface area contributed by atoms with Crippen LogP contribution in [0.4, 0.5) is 5.69 Å². The lowest BCUT2D eigenvalue weighted by atomic mass is 10.1. The number of benzene rings is 1. The maximum absolute atomic E-state index is 11.8. The van der Waals surface area contributed by atoms with Gasteiger partial charge in [0.25, 0.3) is 5.91 Å². The molecular weight excluding hydrogens is 299 g/mol. The minimum Gasteiger partial charge on any atom is -0.398 e. The lowest BCUT2D eigenvalue weighted by Gasteiger charge is -2.07. The third kappa shape index (κ3) is 5.11. The topological polar surface area (TPSA) is 72.9 Å². The van der Waals surface area contributed by atoms with Crippen molar-refractivity contribution in [2.24, 2.45) is 0 Å². The Balaban J connectivity index is 0.00000180. The van der Waals surface area contributed by atoms with Crippen LogP contribution in [0, 0.1) is 0 Å². The Morgan fingerprint density at radius 2 is 2.05 bits per heavy atom. The second-order valence-corrected chi connectivity index (χ2v) is 4.00. The van der Waals surface area contributed by atoms with Gasteiger partial charge in [0, 0.05) is 31.2 Å². The molecule has 20 heavy (non-hydrogen) atoms. The molecule has 1 aromatic heterocycles. The molecule has 0 spiro atoms. The maximum atomic E-state index is 11.8. The molecule has 0 bridgehead atoms. The van der Waals surface area contributed by atoms with Gasteiger partial charge in [-0.3, -0.25) is 4.79 Å². The first-order valence-electron chi connectivity index (χ1n) is 5.86. The van der Waals surface area contributed by atoms with Crippen molar-refractivity contribution in [3.63, 3.8) is 0 Å². The predicted molar refractivity (Wildman–Crippen MR) is 84.5 cm³/mol. The van der Waals surface area contributed by atoms with E-state index in [2.05, 4.69) is 10.3 Å². The van der Waals surface area contributed by atoms with Crippen molar-refractivity contribution >= 4 is 36.4 Å². The fourth-order valence-corrected chi connectivity index (χ4v) is 1.68. The highest BCUT2D eigenvalue weighted by molar-refractivity contribution is 5.98. The molecule has 1 heterocycles. The number of nitrogens with two attached hydrogens (primary N) is 1. The van der Waals surface area contributed by atoms with Crippen molar-refractivity contribution in [1.29, 1.82) is 0 Å². The smallest absolute Gasteiger partial charge is 0.253 e. The van der Waals surface area contributed by atoms with Crippen LogP contribution < -0.4 is 11.1 Å². The van der Waals surface area contributed by atoms with Gasteiger partial charge in [-0.1, -0.05) is 12.1 Å². The predicted octanol–water partition coefficient (Wildman–Crippen LogP) is 2.13. The fraction of sp³-hybridized carbons (Fsp3) is 0.231. The van der Waals surface area contributed by atoms with Crippen LogP contribution >= 0.6 is 24.8 Å². The molecule has 0 unspecified atom stereocenters. The molecule has 0 atom stereocenters. The van der Waals surface area contributed by atoms with E-state index in [1.807, 2.05) is 16.8 Å². The van der Waals surface area contributed by atoms with Gasteiger partial charge in [0.15, 0.2) is 0 Å². The number of hydrogen-bond donors (Lipinski definition) is 2. The summed E-state index contributed by atoms with van der Waals surface area (Å²) in [4.78, 5) is 15.8. The summed E-state index contributed by atoms with van der Waals surface area (Å²) in [6.07, 6.45) is 6.26. The molecule has 0 fully saturated rings. The molecule has 0 saturated heterocycles. The number of nitrogens with one attached hydrogen (secondary N) is 1. The van der Waals surface area contributed by atoms with Crippen LogP contribution in [-0.2, 0) is 6.54 Å². The van der Waals surface area contributed by atoms with E-state index < -0.39 is 0 Å². The largest absolute Gasteiger partial charge is 0.398 e. The van der Waals surface area contributed by atoms with E-state index in [9.17, 15) is 4.79 Å². The molecule has 2 aromatic rings. The van der Waals surface area contributed by atoms with Crippen molar-refractivity contribution in [3.8, 4) is 0 Å². The second kappa shape index (κ2) is 9.23. The van der Waals surface area contributed by atoms with Crippen molar-refractivity contribution in [3.05, 3.63) is 48.5 Å². The number of imidazole rings is 1. The fourth-order valence-electron chi connectivity index (χ4n) is 1.68. The SMILES string of the molecule is Cl.Cl.Nc1ccccc1C(=O)NCCCn1ccnc1. The first kappa shape index (κ1) is 18.3. The van der Waals surface area contributed by atoms with Gasteiger partial charge in [-0.15, -0.1) is 24.8 Å². The number of amides is 1. The van der Waals surface area contributed by atoms with Crippen molar-refractivity contribution in [2.45, 2.75) is 13.0 Å². The summed E-state index contributed by atoms with van der Waals surface area (Å²) in [5, 5.41) is 2.85. The first-order chi connectivity index (χ1) is 8.77. The monoisotopic (exact) mass is 316 g/mol. The molecule has 5 nitrogen and oxygen atoms in total. The van der Waals surface area contributed by atoms with Crippen molar-refractivity contribution in [2.75, 3.05) is 12.3 Å². The third-order valence-electron chi connectivity index (χ3n) is 2.64. The number of hydrogen-bond acceptors (Lipinski definition) is 3. The normalized spacial score (nSPS) is 9.20. The minimum atomic E-state index is -0.126. The van der Waals surface area contributed by atoms with E-state index in [1.165, 1.54) is 0 Å². The lowest BCUT2D eigenvalue weighted by Crippen LogP contribution is -2.25. The van der Waals surface area contributed by atoms with Crippen LogP contribution in [0.5, 0.6) is 0 Å². The average Bonchev–Trinajstić information content (AvgIpc) is 2.88. The Bertz CT molecular complexity index is 517. The molecule has 0 saturated carbocycles. The number of nitrogen functional groups attached to an aromatic ring is 1. The molecule has 2 rings (SSSR count). The number of para-hydroxylation sites is 1. The Labute approximate surface area is 130 Å². The summed E-state index contributed by atoms with van der Waals surface area (Å²) in [6, 6.07) is 7.06. The van der Waals surface area contributed by atoms with Gasteiger partial charge in [-0.2, -0.15) is 0 Å². The van der Waals surface area contributed by atoms with Gasteiger partial charge in [-0.05, 0) is 18.6 Å². The van der Waals surface area contributed by atoms with Gasteiger partial charge >= 0.3 is 0 Å². The van der Waals surface area contributed by atoms with E-state index >= 15 is 0 Å². The van der Waals surface area contributed by atoms with Gasteiger partial charge in [-0.25, -0.2) is 4.98 Å². The van der Waals surface area contributed by atoms with Gasteiger partial charge in [0.1, 0.15) is 0 Å². The Morgan fingerprint density at radius 3 is 2.70 bits per heavy atom. The van der Waals surface area contributed by atoms with Gasteiger partial charge in [0.05, 0.1) is 11.9 Å². The van der Waals surface area contributed by atoms with Crippen LogP contribution in [0.25, 0.3) is 0 Å². The number of aryl methyl sites for hydroxylation is 1. The van der Waals surface area contributed by atoms with Crippen LogP contribution in [0.1, 0.15) is 16.8 Å². The zero-order chi connectivity index (χ0) is 12.8.